The number of anilines is 1. The molecule has 0 radical (unpaired) electrons. The van der Waals surface area contributed by atoms with Gasteiger partial charge in [-0.15, -0.1) is 0 Å². The molecule has 1 saturated heterocycles. The molecule has 1 aliphatic carbocycles. The molecule has 26 heavy (non-hydrogen) atoms. The van der Waals surface area contributed by atoms with Gasteiger partial charge in [0, 0.05) is 13.1 Å². The Morgan fingerprint density at radius 1 is 1.27 bits per heavy atom. The Kier molecular flexibility index (Phi) is 4.77. The topological polar surface area (TPSA) is 96.5 Å². The first-order chi connectivity index (χ1) is 12.5. The van der Waals surface area contributed by atoms with Gasteiger partial charge in [0.15, 0.2) is 23.2 Å². The molecule has 4 atom stereocenters. The number of ether oxygens (including phenoxy) is 1. The van der Waals surface area contributed by atoms with Crippen LogP contribution in [-0.4, -0.2) is 61.1 Å². The van der Waals surface area contributed by atoms with E-state index in [1.54, 1.807) is 10.9 Å². The van der Waals surface area contributed by atoms with Crippen molar-refractivity contribution in [1.29, 1.82) is 0 Å². The lowest BCUT2D eigenvalue weighted by Gasteiger charge is -2.25. The summed E-state index contributed by atoms with van der Waals surface area (Å²) < 4.78 is 7.47. The molecular weight excluding hydrogens is 358 g/mol. The molecule has 142 valence electrons. The molecule has 4 unspecified atom stereocenters. The third-order valence-electron chi connectivity index (χ3n) is 5.60. The van der Waals surface area contributed by atoms with Gasteiger partial charge in [-0.3, -0.25) is 4.57 Å². The molecule has 8 nitrogen and oxygen atoms in total. The lowest BCUT2D eigenvalue weighted by molar-refractivity contribution is -0.0355. The van der Waals surface area contributed by atoms with Gasteiger partial charge in [0.1, 0.15) is 12.2 Å². The number of nitrogens with zero attached hydrogens (tertiary/aromatic N) is 5. The number of imidazole rings is 1. The van der Waals surface area contributed by atoms with Crippen LogP contribution in [-0.2, 0) is 4.74 Å². The first kappa shape index (κ1) is 17.9. The maximum Gasteiger partial charge on any atom is 0.226 e. The van der Waals surface area contributed by atoms with E-state index >= 15 is 0 Å². The van der Waals surface area contributed by atoms with E-state index in [2.05, 4.69) is 19.9 Å². The van der Waals surface area contributed by atoms with Gasteiger partial charge in [-0.2, -0.15) is 9.97 Å². The average Bonchev–Trinajstić information content (AvgIpc) is 3.35. The van der Waals surface area contributed by atoms with Crippen LogP contribution in [0.4, 0.5) is 5.82 Å². The van der Waals surface area contributed by atoms with Gasteiger partial charge in [-0.25, -0.2) is 4.98 Å². The first-order valence-electron chi connectivity index (χ1n) is 9.15. The molecule has 9 heteroatoms. The maximum absolute atomic E-state index is 10.4. The summed E-state index contributed by atoms with van der Waals surface area (Å²) in [6.45, 7) is 1.91. The van der Waals surface area contributed by atoms with Gasteiger partial charge >= 0.3 is 0 Å². The second-order valence-electron chi connectivity index (χ2n) is 7.14. The summed E-state index contributed by atoms with van der Waals surface area (Å²) in [6, 6.07) is 0.411. The van der Waals surface area contributed by atoms with Crippen molar-refractivity contribution in [3.63, 3.8) is 0 Å². The summed E-state index contributed by atoms with van der Waals surface area (Å²) >= 11 is 6.19. The fraction of sp³-hybridized carbons (Fsp3) is 0.706. The SMILES string of the molecule is CCC1OC(n2cnc3c(N(C)C4CCCC4)nc(Cl)nc32)C(O)C1O. The number of rotatable bonds is 4. The van der Waals surface area contributed by atoms with E-state index in [0.29, 0.717) is 29.4 Å². The molecule has 0 spiro atoms. The molecule has 2 aromatic rings. The van der Waals surface area contributed by atoms with Crippen LogP contribution >= 0.6 is 11.6 Å². The lowest BCUT2D eigenvalue weighted by Crippen LogP contribution is -2.31. The summed E-state index contributed by atoms with van der Waals surface area (Å²) in [5.74, 6) is 0.686. The standard InChI is InChI=1S/C17H24ClN5O3/c1-3-10-12(24)13(25)16(26-10)23-8-19-11-14(20-17(18)21-15(11)23)22(2)9-6-4-5-7-9/h8-10,12-13,16,24-25H,3-7H2,1-2H3. The maximum atomic E-state index is 10.4. The molecule has 1 saturated carbocycles. The number of aromatic nitrogens is 4. The third kappa shape index (κ3) is 2.85. The van der Waals surface area contributed by atoms with Gasteiger partial charge in [0.05, 0.1) is 12.4 Å². The number of hydrogen-bond acceptors (Lipinski definition) is 7. The average molecular weight is 382 g/mol. The van der Waals surface area contributed by atoms with Crippen LogP contribution in [0, 0.1) is 0 Å². The molecule has 4 rings (SSSR count). The van der Waals surface area contributed by atoms with E-state index in [0.717, 1.165) is 12.8 Å². The second-order valence-corrected chi connectivity index (χ2v) is 7.48. The normalized spacial score (nSPS) is 29.7. The second kappa shape index (κ2) is 6.92. The number of halogens is 1. The highest BCUT2D eigenvalue weighted by atomic mass is 35.5. The van der Waals surface area contributed by atoms with Crippen LogP contribution < -0.4 is 4.90 Å². The summed E-state index contributed by atoms with van der Waals surface area (Å²) in [5, 5.41) is 20.7. The van der Waals surface area contributed by atoms with Crippen LogP contribution in [0.1, 0.15) is 45.3 Å². The first-order valence-corrected chi connectivity index (χ1v) is 9.53. The van der Waals surface area contributed by atoms with Crippen molar-refractivity contribution in [2.45, 2.75) is 69.6 Å². The molecule has 0 aromatic carbocycles. The Balaban J connectivity index is 1.74. The molecule has 2 aliphatic rings. The van der Waals surface area contributed by atoms with Crippen LogP contribution in [0.15, 0.2) is 6.33 Å². The van der Waals surface area contributed by atoms with Gasteiger partial charge in [-0.1, -0.05) is 19.8 Å². The predicted molar refractivity (Wildman–Crippen MR) is 97.2 cm³/mol. The van der Waals surface area contributed by atoms with Gasteiger partial charge in [-0.05, 0) is 30.9 Å². The zero-order valence-electron chi connectivity index (χ0n) is 14.9. The van der Waals surface area contributed by atoms with Crippen molar-refractivity contribution < 1.29 is 14.9 Å². The minimum absolute atomic E-state index is 0.124. The molecule has 0 bridgehead atoms. The monoisotopic (exact) mass is 381 g/mol. The van der Waals surface area contributed by atoms with Crippen molar-refractivity contribution in [2.75, 3.05) is 11.9 Å². The minimum atomic E-state index is -1.05. The molecule has 2 fully saturated rings. The quantitative estimate of drug-likeness (QED) is 0.780. The van der Waals surface area contributed by atoms with Crippen molar-refractivity contribution in [3.05, 3.63) is 11.6 Å². The largest absolute Gasteiger partial charge is 0.388 e. The van der Waals surface area contributed by atoms with Crippen molar-refractivity contribution in [1.82, 2.24) is 19.5 Å². The van der Waals surface area contributed by atoms with Crippen molar-refractivity contribution >= 4 is 28.6 Å². The zero-order valence-corrected chi connectivity index (χ0v) is 15.7. The third-order valence-corrected chi connectivity index (χ3v) is 5.77. The summed E-state index contributed by atoms with van der Waals surface area (Å²) in [5.41, 5.74) is 1.12. The Morgan fingerprint density at radius 3 is 2.65 bits per heavy atom. The summed E-state index contributed by atoms with van der Waals surface area (Å²) in [4.78, 5) is 15.3. The Hall–Kier alpha value is -1.48. The minimum Gasteiger partial charge on any atom is -0.388 e. The summed E-state index contributed by atoms with van der Waals surface area (Å²) in [6.07, 6.45) is 3.66. The number of aliphatic hydroxyl groups is 2. The highest BCUT2D eigenvalue weighted by Crippen LogP contribution is 2.35. The van der Waals surface area contributed by atoms with E-state index < -0.39 is 24.5 Å². The fourth-order valence-electron chi connectivity index (χ4n) is 4.07. The van der Waals surface area contributed by atoms with Gasteiger partial charge in [0.2, 0.25) is 5.28 Å². The Labute approximate surface area is 156 Å². The highest BCUT2D eigenvalue weighted by molar-refractivity contribution is 6.28. The molecule has 1 aliphatic heterocycles. The smallest absolute Gasteiger partial charge is 0.226 e. The van der Waals surface area contributed by atoms with E-state index in [4.69, 9.17) is 16.3 Å². The van der Waals surface area contributed by atoms with Gasteiger partial charge in [0.25, 0.3) is 0 Å². The lowest BCUT2D eigenvalue weighted by atomic mass is 10.1. The summed E-state index contributed by atoms with van der Waals surface area (Å²) in [7, 11) is 2.00. The van der Waals surface area contributed by atoms with Gasteiger partial charge < -0.3 is 19.8 Å². The van der Waals surface area contributed by atoms with Crippen LogP contribution in [0.5, 0.6) is 0 Å². The molecular formula is C17H24ClN5O3. The van der Waals surface area contributed by atoms with E-state index in [1.165, 1.54) is 12.8 Å². The number of fused-ring (bicyclic) bond motifs is 1. The molecule has 2 N–H and O–H groups in total. The van der Waals surface area contributed by atoms with E-state index in [-0.39, 0.29) is 5.28 Å². The zero-order chi connectivity index (χ0) is 18.4. The molecule has 3 heterocycles. The van der Waals surface area contributed by atoms with Crippen molar-refractivity contribution in [2.24, 2.45) is 0 Å². The van der Waals surface area contributed by atoms with E-state index in [1.807, 2.05) is 14.0 Å². The predicted octanol–water partition coefficient (Wildman–Crippen LogP) is 1.89. The van der Waals surface area contributed by atoms with Crippen LogP contribution in [0.2, 0.25) is 5.28 Å². The Bertz CT molecular complexity index is 794. The molecule has 2 aromatic heterocycles. The Morgan fingerprint density at radius 2 is 2.00 bits per heavy atom. The van der Waals surface area contributed by atoms with Crippen LogP contribution in [0.3, 0.4) is 0 Å². The van der Waals surface area contributed by atoms with Crippen LogP contribution in [0.25, 0.3) is 11.2 Å². The van der Waals surface area contributed by atoms with E-state index in [9.17, 15) is 10.2 Å². The van der Waals surface area contributed by atoms with Crippen molar-refractivity contribution in [3.8, 4) is 0 Å². The molecule has 0 amide bonds. The number of aliphatic hydroxyl groups excluding tert-OH is 2. The fourth-order valence-corrected chi connectivity index (χ4v) is 4.23. The highest BCUT2D eigenvalue weighted by Gasteiger charge is 2.43. The number of hydrogen-bond donors (Lipinski definition) is 2.